The van der Waals surface area contributed by atoms with Gasteiger partial charge in [-0.15, -0.1) is 11.8 Å². The van der Waals surface area contributed by atoms with Gasteiger partial charge >= 0.3 is 0 Å². The Morgan fingerprint density at radius 2 is 2.46 bits per heavy atom. The van der Waals surface area contributed by atoms with Crippen molar-refractivity contribution < 1.29 is 4.74 Å². The van der Waals surface area contributed by atoms with Crippen LogP contribution < -0.4 is 0 Å². The first kappa shape index (κ1) is 10.9. The summed E-state index contributed by atoms with van der Waals surface area (Å²) in [7, 11) is 1.71. The molecule has 0 N–H and O–H groups in total. The Morgan fingerprint density at radius 3 is 3.15 bits per heavy atom. The fraction of sp³-hybridized carbons (Fsp3) is 0.500. The van der Waals surface area contributed by atoms with Crippen molar-refractivity contribution in [3.8, 4) is 0 Å². The highest BCUT2D eigenvalue weighted by Gasteiger charge is 2.00. The van der Waals surface area contributed by atoms with Gasteiger partial charge in [0.1, 0.15) is 11.4 Å². The number of rotatable bonds is 5. The molecule has 0 saturated carbocycles. The Hall–Kier alpha value is -0.130. The van der Waals surface area contributed by atoms with E-state index in [9.17, 15) is 0 Å². The number of nitrogens with zero attached hydrogens (tertiary/aromatic N) is 2. The molecule has 13 heavy (non-hydrogen) atoms. The van der Waals surface area contributed by atoms with Crippen LogP contribution in [0.25, 0.3) is 0 Å². The van der Waals surface area contributed by atoms with Crippen LogP contribution in [0.4, 0.5) is 0 Å². The molecule has 0 aromatic carbocycles. The normalized spacial score (nSPS) is 10.3. The summed E-state index contributed by atoms with van der Waals surface area (Å²) in [5.74, 6) is 1.02. The van der Waals surface area contributed by atoms with Crippen LogP contribution in [0, 0.1) is 0 Å². The highest BCUT2D eigenvalue weighted by atomic mass is 79.9. The van der Waals surface area contributed by atoms with Crippen molar-refractivity contribution in [3.63, 3.8) is 0 Å². The fourth-order valence-electron chi connectivity index (χ4n) is 0.780. The molecule has 72 valence electrons. The van der Waals surface area contributed by atoms with Gasteiger partial charge in [0.05, 0.1) is 4.47 Å². The summed E-state index contributed by atoms with van der Waals surface area (Å²) >= 11 is 5.10. The van der Waals surface area contributed by atoms with Crippen LogP contribution in [0.3, 0.4) is 0 Å². The van der Waals surface area contributed by atoms with Crippen LogP contribution in [0.2, 0.25) is 0 Å². The van der Waals surface area contributed by atoms with E-state index in [-0.39, 0.29) is 0 Å². The first-order valence-electron chi connectivity index (χ1n) is 3.92. The summed E-state index contributed by atoms with van der Waals surface area (Å²) in [6.07, 6.45) is 4.35. The van der Waals surface area contributed by atoms with E-state index in [1.165, 1.54) is 0 Å². The topological polar surface area (TPSA) is 35.0 Å². The smallest absolute Gasteiger partial charge is 0.116 e. The van der Waals surface area contributed by atoms with E-state index in [1.807, 2.05) is 0 Å². The molecule has 0 amide bonds. The SMILES string of the molecule is COCCCSc1ncncc1Br. The lowest BCUT2D eigenvalue weighted by Gasteiger charge is -2.01. The zero-order valence-electron chi connectivity index (χ0n) is 7.36. The number of aromatic nitrogens is 2. The molecule has 0 aliphatic rings. The zero-order chi connectivity index (χ0) is 9.52. The summed E-state index contributed by atoms with van der Waals surface area (Å²) in [6.45, 7) is 0.801. The first-order chi connectivity index (χ1) is 6.34. The number of ether oxygens (including phenoxy) is 1. The lowest BCUT2D eigenvalue weighted by atomic mass is 10.5. The van der Waals surface area contributed by atoms with Crippen molar-refractivity contribution in [1.82, 2.24) is 9.97 Å². The summed E-state index contributed by atoms with van der Waals surface area (Å²) in [5.41, 5.74) is 0. The van der Waals surface area contributed by atoms with E-state index in [2.05, 4.69) is 25.9 Å². The van der Waals surface area contributed by atoms with E-state index in [0.29, 0.717) is 0 Å². The minimum absolute atomic E-state index is 0.801. The van der Waals surface area contributed by atoms with E-state index < -0.39 is 0 Å². The number of hydrogen-bond donors (Lipinski definition) is 0. The van der Waals surface area contributed by atoms with Crippen LogP contribution in [0.5, 0.6) is 0 Å². The summed E-state index contributed by atoms with van der Waals surface area (Å²) in [4.78, 5) is 8.03. The van der Waals surface area contributed by atoms with Crippen LogP contribution in [-0.2, 0) is 4.74 Å². The molecule has 0 aliphatic carbocycles. The summed E-state index contributed by atoms with van der Waals surface area (Å²) in [6, 6.07) is 0. The lowest BCUT2D eigenvalue weighted by Crippen LogP contribution is -1.91. The first-order valence-corrected chi connectivity index (χ1v) is 5.69. The van der Waals surface area contributed by atoms with Gasteiger partial charge in [0.2, 0.25) is 0 Å². The molecule has 0 radical (unpaired) electrons. The molecule has 1 heterocycles. The van der Waals surface area contributed by atoms with Crippen molar-refractivity contribution in [3.05, 3.63) is 17.0 Å². The van der Waals surface area contributed by atoms with Gasteiger partial charge in [-0.25, -0.2) is 9.97 Å². The van der Waals surface area contributed by atoms with Crippen LogP contribution >= 0.6 is 27.7 Å². The third kappa shape index (κ3) is 4.06. The Balaban J connectivity index is 2.32. The van der Waals surface area contributed by atoms with Gasteiger partial charge < -0.3 is 4.74 Å². The maximum atomic E-state index is 4.95. The molecule has 0 aliphatic heterocycles. The Kier molecular flexibility index (Phi) is 5.34. The molecule has 0 bridgehead atoms. The summed E-state index contributed by atoms with van der Waals surface area (Å²) in [5, 5.41) is 0.992. The van der Waals surface area contributed by atoms with Crippen LogP contribution in [0.15, 0.2) is 22.0 Å². The van der Waals surface area contributed by atoms with E-state index in [1.54, 1.807) is 31.4 Å². The van der Waals surface area contributed by atoms with Crippen molar-refractivity contribution in [2.75, 3.05) is 19.5 Å². The van der Waals surface area contributed by atoms with Crippen LogP contribution in [-0.4, -0.2) is 29.4 Å². The third-order valence-corrected chi connectivity index (χ3v) is 3.30. The zero-order valence-corrected chi connectivity index (χ0v) is 9.77. The van der Waals surface area contributed by atoms with E-state index in [4.69, 9.17) is 4.74 Å². The third-order valence-electron chi connectivity index (χ3n) is 1.37. The number of halogens is 1. The van der Waals surface area contributed by atoms with E-state index in [0.717, 1.165) is 28.3 Å². The molecular weight excluding hydrogens is 252 g/mol. The number of thioether (sulfide) groups is 1. The predicted molar refractivity (Wildman–Crippen MR) is 56.9 cm³/mol. The highest BCUT2D eigenvalue weighted by molar-refractivity contribution is 9.10. The molecule has 1 aromatic heterocycles. The second-order valence-electron chi connectivity index (χ2n) is 2.37. The van der Waals surface area contributed by atoms with Crippen molar-refractivity contribution in [2.24, 2.45) is 0 Å². The van der Waals surface area contributed by atoms with Gasteiger partial charge in [0, 0.05) is 25.7 Å². The van der Waals surface area contributed by atoms with Gasteiger partial charge in [-0.1, -0.05) is 0 Å². The van der Waals surface area contributed by atoms with Gasteiger partial charge in [0.25, 0.3) is 0 Å². The van der Waals surface area contributed by atoms with Gasteiger partial charge in [-0.3, -0.25) is 0 Å². The molecule has 0 fully saturated rings. The Labute approximate surface area is 90.4 Å². The quantitative estimate of drug-likeness (QED) is 0.464. The molecule has 1 aromatic rings. The molecule has 3 nitrogen and oxygen atoms in total. The van der Waals surface area contributed by atoms with Crippen molar-refractivity contribution in [1.29, 1.82) is 0 Å². The van der Waals surface area contributed by atoms with Gasteiger partial charge in [-0.05, 0) is 22.4 Å². The molecule has 1 rings (SSSR count). The molecule has 0 saturated heterocycles. The van der Waals surface area contributed by atoms with Gasteiger partial charge in [-0.2, -0.15) is 0 Å². The fourth-order valence-corrected chi connectivity index (χ4v) is 2.11. The minimum Gasteiger partial charge on any atom is -0.385 e. The maximum absolute atomic E-state index is 4.95. The van der Waals surface area contributed by atoms with Crippen LogP contribution in [0.1, 0.15) is 6.42 Å². The summed E-state index contributed by atoms with van der Waals surface area (Å²) < 4.78 is 5.91. The average molecular weight is 263 g/mol. The highest BCUT2D eigenvalue weighted by Crippen LogP contribution is 2.23. The van der Waals surface area contributed by atoms with Crippen molar-refractivity contribution >= 4 is 27.7 Å². The van der Waals surface area contributed by atoms with Crippen molar-refractivity contribution in [2.45, 2.75) is 11.4 Å². The number of methoxy groups -OCH3 is 1. The molecule has 0 atom stereocenters. The molecular formula is C8H11BrN2OS. The average Bonchev–Trinajstić information content (AvgIpc) is 2.15. The minimum atomic E-state index is 0.801. The lowest BCUT2D eigenvalue weighted by molar-refractivity contribution is 0.200. The van der Waals surface area contributed by atoms with Gasteiger partial charge in [0.15, 0.2) is 0 Å². The Bertz CT molecular complexity index is 260. The molecule has 0 unspecified atom stereocenters. The largest absolute Gasteiger partial charge is 0.385 e. The predicted octanol–water partition coefficient (Wildman–Crippen LogP) is 2.37. The van der Waals surface area contributed by atoms with E-state index >= 15 is 0 Å². The second kappa shape index (κ2) is 6.34. The monoisotopic (exact) mass is 262 g/mol. The molecule has 5 heteroatoms. The Morgan fingerprint density at radius 1 is 1.62 bits per heavy atom. The maximum Gasteiger partial charge on any atom is 0.116 e. The standard InChI is InChI=1S/C8H11BrN2OS/c1-12-3-2-4-13-8-7(9)5-10-6-11-8/h5-6H,2-4H2,1H3. The second-order valence-corrected chi connectivity index (χ2v) is 4.31. The molecule has 0 spiro atoms. The number of hydrogen-bond acceptors (Lipinski definition) is 4.